The molecule has 2 aromatic heterocycles. The fourth-order valence-electron chi connectivity index (χ4n) is 5.90. The lowest BCUT2D eigenvalue weighted by atomic mass is 9.79. The molecule has 1 aliphatic rings. The van der Waals surface area contributed by atoms with Crippen molar-refractivity contribution in [1.82, 2.24) is 19.5 Å². The van der Waals surface area contributed by atoms with Crippen molar-refractivity contribution in [3.63, 3.8) is 0 Å². The normalized spacial score (nSPS) is 20.5. The minimum absolute atomic E-state index is 0.0357. The zero-order valence-electron chi connectivity index (χ0n) is 25.2. The average Bonchev–Trinajstić information content (AvgIpc) is 3.62. The maximum absolute atomic E-state index is 13.5. The highest BCUT2D eigenvalue weighted by atomic mass is 16.6. The van der Waals surface area contributed by atoms with Crippen molar-refractivity contribution in [3.05, 3.63) is 112 Å². The molecule has 1 saturated heterocycles. The smallest absolute Gasteiger partial charge is 0.280 e. The molecule has 3 heterocycles. The summed E-state index contributed by atoms with van der Waals surface area (Å²) < 4.78 is 25.3. The Morgan fingerprint density at radius 1 is 0.935 bits per heavy atom. The highest BCUT2D eigenvalue weighted by molar-refractivity contribution is 5.81. The fourth-order valence-corrected chi connectivity index (χ4v) is 5.90. The van der Waals surface area contributed by atoms with Crippen molar-refractivity contribution in [3.8, 4) is 11.5 Å². The number of methoxy groups -OCH3 is 2. The molecule has 46 heavy (non-hydrogen) atoms. The zero-order valence-corrected chi connectivity index (χ0v) is 25.2. The molecule has 0 bridgehead atoms. The number of aromatic nitrogens is 4. The number of H-pyrrole nitrogens is 1. The highest BCUT2D eigenvalue weighted by Gasteiger charge is 2.52. The van der Waals surface area contributed by atoms with Crippen molar-refractivity contribution < 1.29 is 34.0 Å². The number of rotatable bonds is 10. The third kappa shape index (κ3) is 5.28. The van der Waals surface area contributed by atoms with E-state index in [0.717, 1.165) is 0 Å². The van der Waals surface area contributed by atoms with Crippen LogP contribution in [-0.2, 0) is 19.9 Å². The van der Waals surface area contributed by atoms with Crippen molar-refractivity contribution in [2.24, 2.45) is 0 Å². The van der Waals surface area contributed by atoms with E-state index in [2.05, 4.69) is 15.0 Å². The Bertz CT molecular complexity index is 1840. The summed E-state index contributed by atoms with van der Waals surface area (Å²) in [5.41, 5.74) is 5.74. The van der Waals surface area contributed by atoms with Gasteiger partial charge in [-0.3, -0.25) is 19.1 Å². The van der Waals surface area contributed by atoms with Crippen molar-refractivity contribution in [2.45, 2.75) is 43.2 Å². The SMILES string of the molecule is COc1ccc(C(OC(C(C)=O)[C@H]2O[C@@H](n3cnc4c(=O)[nH]c(N)nc43)[C@H](O)[C@@H]2O)(c2ccccc2)c2ccc(OC)cc2)cc1. The first-order valence-electron chi connectivity index (χ1n) is 14.4. The highest BCUT2D eigenvalue weighted by Crippen LogP contribution is 2.45. The topological polar surface area (TPSA) is 184 Å². The second-order valence-corrected chi connectivity index (χ2v) is 10.9. The van der Waals surface area contributed by atoms with Gasteiger partial charge in [0.2, 0.25) is 5.95 Å². The van der Waals surface area contributed by atoms with Gasteiger partial charge in [0.1, 0.15) is 41.5 Å². The van der Waals surface area contributed by atoms with Crippen LogP contribution in [-0.4, -0.2) is 74.2 Å². The third-order valence-corrected chi connectivity index (χ3v) is 8.18. The number of carbonyl (C=O) groups excluding carboxylic acids is 1. The number of nitrogen functional groups attached to an aromatic ring is 1. The lowest BCUT2D eigenvalue weighted by Gasteiger charge is -2.40. The summed E-state index contributed by atoms with van der Waals surface area (Å²) in [5, 5.41) is 22.6. The van der Waals surface area contributed by atoms with E-state index in [9.17, 15) is 19.8 Å². The summed E-state index contributed by atoms with van der Waals surface area (Å²) in [6.07, 6.45) is -5.93. The number of nitrogens with zero attached hydrogens (tertiary/aromatic N) is 3. The molecule has 0 spiro atoms. The molecule has 13 heteroatoms. The largest absolute Gasteiger partial charge is 0.497 e. The van der Waals surface area contributed by atoms with Crippen LogP contribution in [0.3, 0.4) is 0 Å². The Morgan fingerprint density at radius 2 is 1.50 bits per heavy atom. The molecule has 0 amide bonds. The number of nitrogens with one attached hydrogen (secondary N) is 1. The second-order valence-electron chi connectivity index (χ2n) is 10.9. The number of fused-ring (bicyclic) bond motifs is 1. The molecule has 1 unspecified atom stereocenters. The molecule has 5 N–H and O–H groups in total. The second kappa shape index (κ2) is 12.4. The molecule has 6 rings (SSSR count). The molecule has 0 aliphatic carbocycles. The van der Waals surface area contributed by atoms with Gasteiger partial charge in [-0.05, 0) is 47.9 Å². The van der Waals surface area contributed by atoms with Gasteiger partial charge in [-0.15, -0.1) is 0 Å². The lowest BCUT2D eigenvalue weighted by molar-refractivity contribution is -0.163. The van der Waals surface area contributed by atoms with Gasteiger partial charge in [0.15, 0.2) is 23.2 Å². The molecular formula is C33H33N5O8. The zero-order chi connectivity index (χ0) is 32.6. The van der Waals surface area contributed by atoms with E-state index in [1.54, 1.807) is 38.5 Å². The Kier molecular flexibility index (Phi) is 8.32. The van der Waals surface area contributed by atoms with Crippen LogP contribution in [0.4, 0.5) is 5.95 Å². The minimum Gasteiger partial charge on any atom is -0.497 e. The predicted octanol–water partition coefficient (Wildman–Crippen LogP) is 2.30. The Hall–Kier alpha value is -5.08. The first-order valence-corrected chi connectivity index (χ1v) is 14.4. The summed E-state index contributed by atoms with van der Waals surface area (Å²) in [5.74, 6) is 0.600. The van der Waals surface area contributed by atoms with E-state index < -0.39 is 47.6 Å². The van der Waals surface area contributed by atoms with Crippen LogP contribution in [0, 0.1) is 0 Å². The van der Waals surface area contributed by atoms with E-state index >= 15 is 0 Å². The summed E-state index contributed by atoms with van der Waals surface area (Å²) in [4.78, 5) is 36.5. The Labute approximate surface area is 263 Å². The number of carbonyl (C=O) groups is 1. The van der Waals surface area contributed by atoms with Crippen molar-refractivity contribution in [1.29, 1.82) is 0 Å². The first-order chi connectivity index (χ1) is 22.2. The van der Waals surface area contributed by atoms with Gasteiger partial charge in [0.25, 0.3) is 5.56 Å². The minimum atomic E-state index is -1.59. The van der Waals surface area contributed by atoms with E-state index in [1.807, 2.05) is 54.6 Å². The van der Waals surface area contributed by atoms with Gasteiger partial charge in [0.05, 0.1) is 20.5 Å². The van der Waals surface area contributed by atoms with E-state index in [-0.39, 0.29) is 17.1 Å². The number of Topliss-reactive ketones (excluding diaryl/α,β-unsaturated/α-hetero) is 1. The Morgan fingerprint density at radius 3 is 2.04 bits per heavy atom. The monoisotopic (exact) mass is 627 g/mol. The number of hydrogen-bond donors (Lipinski definition) is 4. The number of benzene rings is 3. The molecule has 5 atom stereocenters. The molecule has 0 saturated carbocycles. The van der Waals surface area contributed by atoms with Gasteiger partial charge < -0.3 is 34.9 Å². The lowest BCUT2D eigenvalue weighted by Crippen LogP contribution is -2.49. The van der Waals surface area contributed by atoms with Crippen LogP contribution in [0.15, 0.2) is 90.0 Å². The summed E-state index contributed by atoms with van der Waals surface area (Å²) in [7, 11) is 3.13. The number of hydrogen-bond acceptors (Lipinski definition) is 11. The van der Waals surface area contributed by atoms with Crippen LogP contribution in [0.1, 0.15) is 29.8 Å². The third-order valence-electron chi connectivity index (χ3n) is 8.18. The predicted molar refractivity (Wildman–Crippen MR) is 166 cm³/mol. The van der Waals surface area contributed by atoms with E-state index in [0.29, 0.717) is 28.2 Å². The van der Waals surface area contributed by atoms with Crippen molar-refractivity contribution >= 4 is 22.9 Å². The standard InChI is InChI=1S/C33H33N5O8/c1-18(39)27(28-25(40)26(41)31(45-28)38-17-35-24-29(38)36-32(34)37-30(24)42)46-33(19-7-5-4-6-8-19,20-9-13-22(43-2)14-10-20)21-11-15-23(44-3)16-12-21/h4-17,25-28,31,40-41H,1-3H3,(H3,34,36,37,42)/t25-,26+,27?,28-,31+/m0/s1. The number of aliphatic hydroxyl groups excluding tert-OH is 2. The fraction of sp³-hybridized carbons (Fsp3) is 0.273. The number of ketones is 1. The molecule has 0 radical (unpaired) electrons. The van der Waals surface area contributed by atoms with Gasteiger partial charge in [-0.25, -0.2) is 4.98 Å². The van der Waals surface area contributed by atoms with Gasteiger partial charge in [-0.2, -0.15) is 4.98 Å². The number of nitrogens with two attached hydrogens (primary N) is 1. The van der Waals surface area contributed by atoms with Crippen LogP contribution in [0.2, 0.25) is 0 Å². The van der Waals surface area contributed by atoms with Crippen LogP contribution in [0.25, 0.3) is 11.2 Å². The number of ether oxygens (including phenoxy) is 4. The van der Waals surface area contributed by atoms with Gasteiger partial charge in [-0.1, -0.05) is 54.6 Å². The van der Waals surface area contributed by atoms with Crippen LogP contribution in [0.5, 0.6) is 11.5 Å². The number of aromatic amines is 1. The molecule has 238 valence electrons. The van der Waals surface area contributed by atoms with E-state index in [1.165, 1.54) is 17.8 Å². The molecule has 3 aromatic carbocycles. The number of imidazole rings is 1. The summed E-state index contributed by atoms with van der Waals surface area (Å²) >= 11 is 0. The number of aliphatic hydroxyl groups is 2. The van der Waals surface area contributed by atoms with Crippen LogP contribution >= 0.6 is 0 Å². The summed E-state index contributed by atoms with van der Waals surface area (Å²) in [6.45, 7) is 1.33. The number of anilines is 1. The van der Waals surface area contributed by atoms with Crippen molar-refractivity contribution in [2.75, 3.05) is 20.0 Å². The quantitative estimate of drug-likeness (QED) is 0.167. The van der Waals surface area contributed by atoms with Gasteiger partial charge in [0, 0.05) is 0 Å². The first kappa shape index (κ1) is 30.9. The molecular weight excluding hydrogens is 594 g/mol. The molecule has 13 nitrogen and oxygen atoms in total. The maximum Gasteiger partial charge on any atom is 0.280 e. The average molecular weight is 628 g/mol. The molecule has 1 fully saturated rings. The molecule has 5 aromatic rings. The Balaban J connectivity index is 1.49. The van der Waals surface area contributed by atoms with E-state index in [4.69, 9.17) is 24.7 Å². The molecule has 1 aliphatic heterocycles. The van der Waals surface area contributed by atoms with Crippen LogP contribution < -0.4 is 20.8 Å². The van der Waals surface area contributed by atoms with Gasteiger partial charge >= 0.3 is 0 Å². The maximum atomic E-state index is 13.5. The summed E-state index contributed by atoms with van der Waals surface area (Å²) in [6, 6.07) is 23.8.